The number of piperazine rings is 1. The molecule has 1 fully saturated rings. The van der Waals surface area contributed by atoms with Crippen molar-refractivity contribution in [3.63, 3.8) is 0 Å². The smallest absolute Gasteiger partial charge is 0.314 e. The molecule has 1 saturated heterocycles. The predicted octanol–water partition coefficient (Wildman–Crippen LogP) is 2.10. The van der Waals surface area contributed by atoms with Gasteiger partial charge in [0, 0.05) is 39.3 Å². The number of fused-ring (bicyclic) bond motifs is 1. The average molecular weight is 372 g/mol. The lowest BCUT2D eigenvalue weighted by atomic mass is 10.2. The fourth-order valence-electron chi connectivity index (χ4n) is 3.64. The molecule has 0 amide bonds. The zero-order chi connectivity index (χ0) is 18.1. The van der Waals surface area contributed by atoms with Crippen LogP contribution in [0.25, 0.3) is 0 Å². The van der Waals surface area contributed by atoms with Crippen molar-refractivity contribution >= 4 is 27.3 Å². The van der Waals surface area contributed by atoms with Crippen LogP contribution < -0.4 is 13.9 Å². The Bertz CT molecular complexity index is 894. The molecule has 26 heavy (non-hydrogen) atoms. The van der Waals surface area contributed by atoms with Gasteiger partial charge in [-0.05, 0) is 30.7 Å². The molecule has 0 bridgehead atoms. The van der Waals surface area contributed by atoms with E-state index in [2.05, 4.69) is 10.2 Å². The lowest BCUT2D eigenvalue weighted by Gasteiger charge is -2.29. The van der Waals surface area contributed by atoms with E-state index < -0.39 is 10.2 Å². The number of aryl methyl sites for hydroxylation is 1. The molecule has 2 aromatic rings. The van der Waals surface area contributed by atoms with E-state index >= 15 is 0 Å². The molecule has 2 heterocycles. The number of rotatable bonds is 4. The minimum atomic E-state index is -3.64. The van der Waals surface area contributed by atoms with Gasteiger partial charge in [0.15, 0.2) is 0 Å². The number of nitrogens with one attached hydrogen (secondary N) is 1. The Hall–Kier alpha value is -2.09. The lowest BCUT2D eigenvalue weighted by molar-refractivity contribution is 0.248. The Morgan fingerprint density at radius 3 is 2.19 bits per heavy atom. The van der Waals surface area contributed by atoms with Crippen LogP contribution in [-0.4, -0.2) is 52.6 Å². The summed E-state index contributed by atoms with van der Waals surface area (Å²) < 4.78 is 29.8. The van der Waals surface area contributed by atoms with Gasteiger partial charge in [0.1, 0.15) is 0 Å². The van der Waals surface area contributed by atoms with Crippen molar-refractivity contribution < 1.29 is 8.42 Å². The molecular weight excluding hydrogens is 348 g/mol. The number of hydrogen-bond donors (Lipinski definition) is 1. The van der Waals surface area contributed by atoms with Crippen LogP contribution in [0.2, 0.25) is 0 Å². The number of para-hydroxylation sites is 3. The fourth-order valence-corrected chi connectivity index (χ4v) is 5.41. The summed E-state index contributed by atoms with van der Waals surface area (Å²) in [4.78, 5) is 2.31. The van der Waals surface area contributed by atoms with Crippen molar-refractivity contribution in [2.45, 2.75) is 6.92 Å². The van der Waals surface area contributed by atoms with Gasteiger partial charge in [-0.1, -0.05) is 30.3 Å². The normalized spacial score (nSPS) is 19.6. The summed E-state index contributed by atoms with van der Waals surface area (Å²) >= 11 is 0. The molecule has 0 saturated carbocycles. The summed E-state index contributed by atoms with van der Waals surface area (Å²) in [6, 6.07) is 15.2. The van der Waals surface area contributed by atoms with E-state index in [1.807, 2.05) is 55.5 Å². The van der Waals surface area contributed by atoms with Crippen molar-refractivity contribution in [3.05, 3.63) is 54.1 Å². The molecule has 0 unspecified atom stereocenters. The van der Waals surface area contributed by atoms with Gasteiger partial charge in [0.05, 0.1) is 17.1 Å². The Labute approximate surface area is 155 Å². The third kappa shape index (κ3) is 2.96. The number of hydrogen-bond acceptors (Lipinski definition) is 4. The fraction of sp³-hybridized carbons (Fsp3) is 0.368. The number of anilines is 3. The maximum Gasteiger partial charge on any atom is 0.331 e. The molecule has 2 aliphatic rings. The number of benzene rings is 2. The van der Waals surface area contributed by atoms with E-state index in [1.54, 1.807) is 4.31 Å². The highest BCUT2D eigenvalue weighted by atomic mass is 32.2. The topological polar surface area (TPSA) is 55.9 Å². The van der Waals surface area contributed by atoms with Gasteiger partial charge in [0.2, 0.25) is 0 Å². The molecule has 0 atom stereocenters. The van der Waals surface area contributed by atoms with Crippen molar-refractivity contribution in [3.8, 4) is 0 Å². The van der Waals surface area contributed by atoms with Gasteiger partial charge in [-0.2, -0.15) is 8.42 Å². The molecule has 138 valence electrons. The van der Waals surface area contributed by atoms with Gasteiger partial charge in [0.25, 0.3) is 0 Å². The van der Waals surface area contributed by atoms with Crippen LogP contribution in [0.3, 0.4) is 0 Å². The third-order valence-corrected chi connectivity index (χ3v) is 6.83. The van der Waals surface area contributed by atoms with Crippen LogP contribution in [-0.2, 0) is 10.2 Å². The SMILES string of the molecule is Cc1ccccc1N1c2ccccc2N(CCN2CCNCC2)S1(=O)=O. The molecule has 0 spiro atoms. The minimum Gasteiger partial charge on any atom is -0.314 e. The first-order chi connectivity index (χ1) is 12.6. The third-order valence-electron chi connectivity index (χ3n) is 5.04. The molecule has 6 nitrogen and oxygen atoms in total. The minimum absolute atomic E-state index is 0.460. The molecule has 0 aromatic heterocycles. The highest BCUT2D eigenvalue weighted by molar-refractivity contribution is 7.95. The lowest BCUT2D eigenvalue weighted by Crippen LogP contribution is -2.47. The molecule has 2 aromatic carbocycles. The average Bonchev–Trinajstić information content (AvgIpc) is 2.87. The molecule has 1 N–H and O–H groups in total. The second kappa shape index (κ2) is 6.90. The Morgan fingerprint density at radius 2 is 1.50 bits per heavy atom. The maximum atomic E-state index is 13.4. The summed E-state index contributed by atoms with van der Waals surface area (Å²) in [7, 11) is -3.64. The predicted molar refractivity (Wildman–Crippen MR) is 105 cm³/mol. The first kappa shape index (κ1) is 17.3. The molecule has 7 heteroatoms. The van der Waals surface area contributed by atoms with E-state index in [4.69, 9.17) is 0 Å². The second-order valence-corrected chi connectivity index (χ2v) is 8.41. The van der Waals surface area contributed by atoms with Crippen LogP contribution in [0.1, 0.15) is 5.56 Å². The van der Waals surface area contributed by atoms with E-state index in [0.717, 1.165) is 49.7 Å². The summed E-state index contributed by atoms with van der Waals surface area (Å²) in [6.45, 7) is 6.96. The summed E-state index contributed by atoms with van der Waals surface area (Å²) in [5.41, 5.74) is 3.13. The first-order valence-electron chi connectivity index (χ1n) is 9.00. The largest absolute Gasteiger partial charge is 0.331 e. The van der Waals surface area contributed by atoms with Crippen LogP contribution in [0.15, 0.2) is 48.5 Å². The molecular formula is C19H24N4O2S. The van der Waals surface area contributed by atoms with Crippen molar-refractivity contribution in [1.29, 1.82) is 0 Å². The Balaban J connectivity index is 1.68. The van der Waals surface area contributed by atoms with Crippen LogP contribution in [0.4, 0.5) is 17.1 Å². The van der Waals surface area contributed by atoms with Crippen LogP contribution in [0.5, 0.6) is 0 Å². The highest BCUT2D eigenvalue weighted by Crippen LogP contribution is 2.45. The molecule has 4 rings (SSSR count). The molecule has 0 aliphatic carbocycles. The Morgan fingerprint density at radius 1 is 0.885 bits per heavy atom. The van der Waals surface area contributed by atoms with Crippen molar-refractivity contribution in [2.24, 2.45) is 0 Å². The van der Waals surface area contributed by atoms with Crippen molar-refractivity contribution in [2.75, 3.05) is 47.9 Å². The van der Waals surface area contributed by atoms with E-state index in [0.29, 0.717) is 12.2 Å². The number of nitrogens with zero attached hydrogens (tertiary/aromatic N) is 3. The van der Waals surface area contributed by atoms with Crippen LogP contribution >= 0.6 is 0 Å². The second-order valence-electron chi connectivity index (χ2n) is 6.71. The quantitative estimate of drug-likeness (QED) is 0.893. The van der Waals surface area contributed by atoms with Gasteiger partial charge in [-0.25, -0.2) is 8.61 Å². The summed E-state index contributed by atoms with van der Waals surface area (Å²) in [5, 5.41) is 3.33. The van der Waals surface area contributed by atoms with Gasteiger partial charge < -0.3 is 5.32 Å². The van der Waals surface area contributed by atoms with E-state index in [-0.39, 0.29) is 0 Å². The van der Waals surface area contributed by atoms with Gasteiger partial charge in [-0.3, -0.25) is 4.90 Å². The highest BCUT2D eigenvalue weighted by Gasteiger charge is 2.41. The van der Waals surface area contributed by atoms with Crippen LogP contribution in [0, 0.1) is 6.92 Å². The summed E-state index contributed by atoms with van der Waals surface area (Å²) in [5.74, 6) is 0. The Kier molecular flexibility index (Phi) is 4.60. The van der Waals surface area contributed by atoms with Gasteiger partial charge in [-0.15, -0.1) is 0 Å². The zero-order valence-electron chi connectivity index (χ0n) is 14.9. The maximum absolute atomic E-state index is 13.4. The first-order valence-corrected chi connectivity index (χ1v) is 10.4. The monoisotopic (exact) mass is 372 g/mol. The van der Waals surface area contributed by atoms with Gasteiger partial charge >= 0.3 is 10.2 Å². The van der Waals surface area contributed by atoms with E-state index in [1.165, 1.54) is 4.31 Å². The van der Waals surface area contributed by atoms with Crippen molar-refractivity contribution in [1.82, 2.24) is 10.2 Å². The zero-order valence-corrected chi connectivity index (χ0v) is 15.7. The standard InChI is InChI=1S/C19H24N4O2S/c1-16-6-2-3-7-17(16)23-19-9-5-4-8-18(19)22(26(23,24)25)15-14-21-12-10-20-11-13-21/h2-9,20H,10-15H2,1H3. The molecule has 2 aliphatic heterocycles. The summed E-state index contributed by atoms with van der Waals surface area (Å²) in [6.07, 6.45) is 0. The van der Waals surface area contributed by atoms with E-state index in [9.17, 15) is 8.42 Å². The molecule has 0 radical (unpaired) electrons.